The fourth-order valence-corrected chi connectivity index (χ4v) is 4.16. The van der Waals surface area contributed by atoms with Crippen molar-refractivity contribution >= 4 is 0 Å². The van der Waals surface area contributed by atoms with Gasteiger partial charge in [0.2, 0.25) is 0 Å². The second kappa shape index (κ2) is 5.40. The Morgan fingerprint density at radius 3 is 2.38 bits per heavy atom. The minimum Gasteiger partial charge on any atom is -0.316 e. The summed E-state index contributed by atoms with van der Waals surface area (Å²) in [5.74, 6) is 1.71. The molecule has 0 aromatic heterocycles. The van der Waals surface area contributed by atoms with Gasteiger partial charge in [-0.05, 0) is 55.3 Å². The fraction of sp³-hybridized carbons (Fsp3) is 0.684. The van der Waals surface area contributed by atoms with Gasteiger partial charge in [0.25, 0.3) is 0 Å². The summed E-state index contributed by atoms with van der Waals surface area (Å²) in [5.41, 5.74) is 3.13. The minimum absolute atomic E-state index is 0.241. The highest BCUT2D eigenvalue weighted by Gasteiger charge is 2.43. The van der Waals surface area contributed by atoms with E-state index >= 15 is 0 Å². The highest BCUT2D eigenvalue weighted by atomic mass is 15.2. The van der Waals surface area contributed by atoms with Crippen molar-refractivity contribution < 1.29 is 0 Å². The zero-order chi connectivity index (χ0) is 15.2. The van der Waals surface area contributed by atoms with Crippen LogP contribution in [0.25, 0.3) is 0 Å². The van der Waals surface area contributed by atoms with E-state index < -0.39 is 0 Å². The number of likely N-dealkylation sites (tertiary alicyclic amines) is 1. The fourth-order valence-electron chi connectivity index (χ4n) is 4.16. The van der Waals surface area contributed by atoms with Crippen LogP contribution >= 0.6 is 0 Å². The first-order valence-electron chi connectivity index (χ1n) is 8.45. The number of hydrogen-bond donors (Lipinski definition) is 1. The maximum Gasteiger partial charge on any atom is 0.0322 e. The maximum atomic E-state index is 3.55. The van der Waals surface area contributed by atoms with Gasteiger partial charge in [-0.15, -0.1) is 0 Å². The molecule has 4 unspecified atom stereocenters. The van der Waals surface area contributed by atoms with Crippen LogP contribution in [-0.2, 0) is 5.41 Å². The molecule has 2 saturated heterocycles. The van der Waals surface area contributed by atoms with Crippen LogP contribution in [0.5, 0.6) is 0 Å². The van der Waals surface area contributed by atoms with E-state index in [2.05, 4.69) is 69.1 Å². The number of rotatable bonds is 2. The van der Waals surface area contributed by atoms with Crippen LogP contribution in [0.1, 0.15) is 51.8 Å². The van der Waals surface area contributed by atoms with E-state index in [0.717, 1.165) is 11.8 Å². The third-order valence-corrected chi connectivity index (χ3v) is 5.74. The Morgan fingerprint density at radius 2 is 1.81 bits per heavy atom. The summed E-state index contributed by atoms with van der Waals surface area (Å²) in [5, 5.41) is 3.55. The Morgan fingerprint density at radius 1 is 1.14 bits per heavy atom. The van der Waals surface area contributed by atoms with Crippen LogP contribution in [-0.4, -0.2) is 30.6 Å². The van der Waals surface area contributed by atoms with Crippen LogP contribution in [0.3, 0.4) is 0 Å². The molecule has 4 atom stereocenters. The Bertz CT molecular complexity index is 485. The van der Waals surface area contributed by atoms with E-state index in [4.69, 9.17) is 0 Å². The third kappa shape index (κ3) is 2.76. The first-order valence-corrected chi connectivity index (χ1v) is 8.45. The molecule has 2 aliphatic rings. The van der Waals surface area contributed by atoms with E-state index in [1.807, 2.05) is 0 Å². The zero-order valence-electron chi connectivity index (χ0n) is 14.2. The molecule has 0 spiro atoms. The molecule has 0 amide bonds. The Kier molecular flexibility index (Phi) is 3.87. The summed E-state index contributed by atoms with van der Waals surface area (Å²) in [4.78, 5) is 2.71. The van der Waals surface area contributed by atoms with E-state index in [-0.39, 0.29) is 5.41 Å². The average Bonchev–Trinajstić information content (AvgIpc) is 3.01. The first kappa shape index (κ1) is 15.1. The summed E-state index contributed by atoms with van der Waals surface area (Å²) in [7, 11) is 0. The van der Waals surface area contributed by atoms with Gasteiger partial charge >= 0.3 is 0 Å². The molecule has 2 fully saturated rings. The SMILES string of the molecule is CC(c1ccc(C(C)(C)C)cc1)N1CC2CNCC2C1C. The molecule has 3 rings (SSSR count). The van der Waals surface area contributed by atoms with Crippen LogP contribution in [0.2, 0.25) is 0 Å². The summed E-state index contributed by atoms with van der Waals surface area (Å²) < 4.78 is 0. The largest absolute Gasteiger partial charge is 0.316 e. The highest BCUT2D eigenvalue weighted by Crippen LogP contribution is 2.38. The van der Waals surface area contributed by atoms with E-state index in [1.165, 1.54) is 30.8 Å². The predicted molar refractivity (Wildman–Crippen MR) is 89.6 cm³/mol. The van der Waals surface area contributed by atoms with Crippen LogP contribution < -0.4 is 5.32 Å². The van der Waals surface area contributed by atoms with Crippen molar-refractivity contribution in [2.45, 2.75) is 52.1 Å². The standard InChI is InChI=1S/C19H30N2/c1-13(15-6-8-17(9-7-15)19(3,4)5)21-12-16-10-20-11-18(16)14(21)2/h6-9,13-14,16,18,20H,10-12H2,1-5H3. The van der Waals surface area contributed by atoms with Gasteiger partial charge in [-0.1, -0.05) is 45.0 Å². The zero-order valence-corrected chi connectivity index (χ0v) is 14.2. The normalized spacial score (nSPS) is 31.4. The van der Waals surface area contributed by atoms with Gasteiger partial charge in [-0.3, -0.25) is 4.90 Å². The Hall–Kier alpha value is -0.860. The number of nitrogens with zero attached hydrogens (tertiary/aromatic N) is 1. The van der Waals surface area contributed by atoms with Gasteiger partial charge in [0, 0.05) is 18.6 Å². The number of fused-ring (bicyclic) bond motifs is 1. The summed E-state index contributed by atoms with van der Waals surface area (Å²) in [6, 6.07) is 10.5. The Labute approximate surface area is 129 Å². The van der Waals surface area contributed by atoms with E-state index in [9.17, 15) is 0 Å². The molecule has 0 saturated carbocycles. The van der Waals surface area contributed by atoms with Crippen LogP contribution in [0.4, 0.5) is 0 Å². The van der Waals surface area contributed by atoms with E-state index in [1.54, 1.807) is 0 Å². The second-order valence-corrected chi connectivity index (χ2v) is 8.07. The lowest BCUT2D eigenvalue weighted by Crippen LogP contribution is -2.35. The summed E-state index contributed by atoms with van der Waals surface area (Å²) in [6.07, 6.45) is 0. The molecule has 2 heterocycles. The van der Waals surface area contributed by atoms with Crippen molar-refractivity contribution in [3.05, 3.63) is 35.4 Å². The van der Waals surface area contributed by atoms with Gasteiger partial charge in [0.15, 0.2) is 0 Å². The first-order chi connectivity index (χ1) is 9.88. The van der Waals surface area contributed by atoms with Gasteiger partial charge < -0.3 is 5.32 Å². The molecule has 1 N–H and O–H groups in total. The maximum absolute atomic E-state index is 3.55. The minimum atomic E-state index is 0.241. The molecular weight excluding hydrogens is 256 g/mol. The smallest absolute Gasteiger partial charge is 0.0322 e. The molecule has 21 heavy (non-hydrogen) atoms. The van der Waals surface area contributed by atoms with Crippen molar-refractivity contribution in [2.75, 3.05) is 19.6 Å². The van der Waals surface area contributed by atoms with Gasteiger partial charge in [-0.2, -0.15) is 0 Å². The quantitative estimate of drug-likeness (QED) is 0.894. The molecule has 1 aromatic carbocycles. The summed E-state index contributed by atoms with van der Waals surface area (Å²) >= 11 is 0. The molecule has 0 bridgehead atoms. The molecule has 116 valence electrons. The third-order valence-electron chi connectivity index (χ3n) is 5.74. The van der Waals surface area contributed by atoms with Gasteiger partial charge in [0.05, 0.1) is 0 Å². The summed E-state index contributed by atoms with van der Waals surface area (Å²) in [6.45, 7) is 15.3. The highest BCUT2D eigenvalue weighted by molar-refractivity contribution is 5.29. The van der Waals surface area contributed by atoms with Crippen molar-refractivity contribution in [3.8, 4) is 0 Å². The average molecular weight is 286 g/mol. The number of hydrogen-bond acceptors (Lipinski definition) is 2. The second-order valence-electron chi connectivity index (χ2n) is 8.07. The van der Waals surface area contributed by atoms with Gasteiger partial charge in [-0.25, -0.2) is 0 Å². The van der Waals surface area contributed by atoms with Crippen molar-refractivity contribution in [1.29, 1.82) is 0 Å². The lowest BCUT2D eigenvalue weighted by atomic mass is 9.86. The molecule has 0 radical (unpaired) electrons. The van der Waals surface area contributed by atoms with Crippen LogP contribution in [0, 0.1) is 11.8 Å². The van der Waals surface area contributed by atoms with Crippen LogP contribution in [0.15, 0.2) is 24.3 Å². The lowest BCUT2D eigenvalue weighted by Gasteiger charge is -2.31. The van der Waals surface area contributed by atoms with Crippen molar-refractivity contribution in [1.82, 2.24) is 10.2 Å². The lowest BCUT2D eigenvalue weighted by molar-refractivity contribution is 0.182. The molecule has 2 nitrogen and oxygen atoms in total. The Balaban J connectivity index is 1.75. The number of benzene rings is 1. The molecule has 2 aliphatic heterocycles. The van der Waals surface area contributed by atoms with E-state index in [0.29, 0.717) is 12.1 Å². The van der Waals surface area contributed by atoms with Crippen molar-refractivity contribution in [3.63, 3.8) is 0 Å². The number of nitrogens with one attached hydrogen (secondary N) is 1. The monoisotopic (exact) mass is 286 g/mol. The predicted octanol–water partition coefficient (Wildman–Crippen LogP) is 3.58. The molecular formula is C19H30N2. The topological polar surface area (TPSA) is 15.3 Å². The molecule has 1 aromatic rings. The van der Waals surface area contributed by atoms with Crippen molar-refractivity contribution in [2.24, 2.45) is 11.8 Å². The molecule has 2 heteroatoms. The molecule has 0 aliphatic carbocycles. The van der Waals surface area contributed by atoms with Gasteiger partial charge in [0.1, 0.15) is 0 Å².